The van der Waals surface area contributed by atoms with Gasteiger partial charge in [-0.3, -0.25) is 0 Å². The number of rotatable bonds is 10. The Hall–Kier alpha value is -1.33. The van der Waals surface area contributed by atoms with E-state index in [1.165, 1.54) is 0 Å². The van der Waals surface area contributed by atoms with Crippen molar-refractivity contribution in [3.63, 3.8) is 0 Å². The van der Waals surface area contributed by atoms with Crippen LogP contribution in [0.5, 0.6) is 0 Å². The number of hydrogen-bond donors (Lipinski definition) is 1. The van der Waals surface area contributed by atoms with Gasteiger partial charge in [-0.2, -0.15) is 4.98 Å². The van der Waals surface area contributed by atoms with Gasteiger partial charge in [-0.15, -0.1) is 6.58 Å². The zero-order valence-corrected chi connectivity index (χ0v) is 11.3. The van der Waals surface area contributed by atoms with Crippen molar-refractivity contribution in [2.75, 3.05) is 38.3 Å². The van der Waals surface area contributed by atoms with Crippen molar-refractivity contribution >= 4 is 6.01 Å². The predicted molar refractivity (Wildman–Crippen MR) is 72.8 cm³/mol. The van der Waals surface area contributed by atoms with Crippen LogP contribution in [0.3, 0.4) is 0 Å². The molecule has 0 amide bonds. The summed E-state index contributed by atoms with van der Waals surface area (Å²) in [5.41, 5.74) is 0.921. The molecule has 0 saturated heterocycles. The Labute approximate surface area is 109 Å². The highest BCUT2D eigenvalue weighted by Crippen LogP contribution is 2.13. The molecule has 5 heteroatoms. The maximum atomic E-state index is 5.48. The molecular weight excluding hydrogens is 230 g/mol. The second-order valence-electron chi connectivity index (χ2n) is 4.03. The Balaban J connectivity index is 2.53. The van der Waals surface area contributed by atoms with Crippen LogP contribution >= 0.6 is 0 Å². The Morgan fingerprint density at radius 2 is 2.44 bits per heavy atom. The quantitative estimate of drug-likeness (QED) is 0.509. The fraction of sp³-hybridized carbons (Fsp3) is 0.615. The average Bonchev–Trinajstić information content (AvgIpc) is 2.83. The van der Waals surface area contributed by atoms with Crippen molar-refractivity contribution in [3.8, 4) is 0 Å². The summed E-state index contributed by atoms with van der Waals surface area (Å²) >= 11 is 0. The second-order valence-corrected chi connectivity index (χ2v) is 4.03. The van der Waals surface area contributed by atoms with Gasteiger partial charge in [0.25, 0.3) is 6.01 Å². The molecule has 0 radical (unpaired) electrons. The fourth-order valence-corrected chi connectivity index (χ4v) is 1.54. The highest BCUT2D eigenvalue weighted by Gasteiger charge is 2.11. The van der Waals surface area contributed by atoms with Crippen LogP contribution in [-0.4, -0.2) is 38.3 Å². The summed E-state index contributed by atoms with van der Waals surface area (Å²) in [5.74, 6) is 0. The Morgan fingerprint density at radius 1 is 1.61 bits per heavy atom. The van der Waals surface area contributed by atoms with E-state index in [1.54, 1.807) is 13.4 Å². The Bertz CT molecular complexity index is 339. The molecular formula is C13H23N3O2. The van der Waals surface area contributed by atoms with Gasteiger partial charge >= 0.3 is 0 Å². The molecule has 0 bridgehead atoms. The number of oxazole rings is 1. The summed E-state index contributed by atoms with van der Waals surface area (Å²) in [4.78, 5) is 6.45. The van der Waals surface area contributed by atoms with Gasteiger partial charge in [0.05, 0.1) is 12.3 Å². The number of aromatic nitrogens is 1. The topological polar surface area (TPSA) is 50.5 Å². The smallest absolute Gasteiger partial charge is 0.297 e. The Morgan fingerprint density at radius 3 is 3.11 bits per heavy atom. The summed E-state index contributed by atoms with van der Waals surface area (Å²) in [5, 5.41) is 3.29. The number of hydrogen-bond acceptors (Lipinski definition) is 5. The molecule has 0 spiro atoms. The summed E-state index contributed by atoms with van der Waals surface area (Å²) in [6.45, 7) is 9.68. The molecule has 1 aromatic rings. The number of ether oxygens (including phenoxy) is 1. The lowest BCUT2D eigenvalue weighted by molar-refractivity contribution is 0.204. The van der Waals surface area contributed by atoms with Crippen molar-refractivity contribution < 1.29 is 9.15 Å². The number of nitrogens with zero attached hydrogens (tertiary/aromatic N) is 2. The molecule has 18 heavy (non-hydrogen) atoms. The standard InChI is InChI=1S/C13H23N3O2/c1-4-6-14-10-12-11-18-13(15-12)16(7-5-2)8-9-17-3/h5,11,14H,2,4,6-10H2,1,3H3. The van der Waals surface area contributed by atoms with Crippen molar-refractivity contribution in [2.45, 2.75) is 19.9 Å². The lowest BCUT2D eigenvalue weighted by atomic mass is 10.4. The maximum Gasteiger partial charge on any atom is 0.297 e. The van der Waals surface area contributed by atoms with E-state index in [1.807, 2.05) is 11.0 Å². The molecule has 0 aliphatic rings. The van der Waals surface area contributed by atoms with Gasteiger partial charge in [-0.1, -0.05) is 13.0 Å². The summed E-state index contributed by atoms with van der Waals surface area (Å²) < 4.78 is 10.5. The number of anilines is 1. The normalized spacial score (nSPS) is 10.6. The van der Waals surface area contributed by atoms with Crippen LogP contribution in [0.25, 0.3) is 0 Å². The highest BCUT2D eigenvalue weighted by atomic mass is 16.5. The van der Waals surface area contributed by atoms with Gasteiger partial charge in [0.2, 0.25) is 0 Å². The molecule has 102 valence electrons. The van der Waals surface area contributed by atoms with Crippen LogP contribution in [0, 0.1) is 0 Å². The second kappa shape index (κ2) is 8.72. The van der Waals surface area contributed by atoms with E-state index in [4.69, 9.17) is 9.15 Å². The first-order valence-corrected chi connectivity index (χ1v) is 6.31. The lowest BCUT2D eigenvalue weighted by Gasteiger charge is -2.17. The third-order valence-electron chi connectivity index (χ3n) is 2.46. The highest BCUT2D eigenvalue weighted by molar-refractivity contribution is 5.28. The maximum absolute atomic E-state index is 5.48. The first-order chi connectivity index (χ1) is 8.81. The molecule has 1 rings (SSSR count). The summed E-state index contributed by atoms with van der Waals surface area (Å²) in [7, 11) is 1.68. The molecule has 0 aromatic carbocycles. The average molecular weight is 253 g/mol. The first-order valence-electron chi connectivity index (χ1n) is 6.31. The minimum absolute atomic E-state index is 0.625. The minimum Gasteiger partial charge on any atom is -0.432 e. The third kappa shape index (κ3) is 4.89. The van der Waals surface area contributed by atoms with E-state index in [0.29, 0.717) is 19.2 Å². The van der Waals surface area contributed by atoms with Crippen LogP contribution in [0.4, 0.5) is 6.01 Å². The van der Waals surface area contributed by atoms with Crippen LogP contribution < -0.4 is 10.2 Å². The molecule has 0 unspecified atom stereocenters. The van der Waals surface area contributed by atoms with Crippen molar-refractivity contribution in [1.82, 2.24) is 10.3 Å². The van der Waals surface area contributed by atoms with E-state index in [0.717, 1.165) is 31.7 Å². The van der Waals surface area contributed by atoms with E-state index in [2.05, 4.69) is 23.8 Å². The van der Waals surface area contributed by atoms with Crippen LogP contribution in [-0.2, 0) is 11.3 Å². The molecule has 0 atom stereocenters. The van der Waals surface area contributed by atoms with E-state index >= 15 is 0 Å². The van der Waals surface area contributed by atoms with Gasteiger partial charge in [0, 0.05) is 26.7 Å². The molecule has 0 fully saturated rings. The van der Waals surface area contributed by atoms with Crippen LogP contribution in [0.15, 0.2) is 23.3 Å². The SMILES string of the molecule is C=CCN(CCOC)c1nc(CNCCC)co1. The molecule has 1 aromatic heterocycles. The first kappa shape index (κ1) is 14.7. The van der Waals surface area contributed by atoms with Gasteiger partial charge in [-0.25, -0.2) is 0 Å². The van der Waals surface area contributed by atoms with Crippen LogP contribution in [0.2, 0.25) is 0 Å². The van der Waals surface area contributed by atoms with E-state index in [9.17, 15) is 0 Å². The summed E-state index contributed by atoms with van der Waals surface area (Å²) in [6.07, 6.45) is 4.64. The summed E-state index contributed by atoms with van der Waals surface area (Å²) in [6, 6.07) is 0.625. The monoisotopic (exact) mass is 253 g/mol. The largest absolute Gasteiger partial charge is 0.432 e. The van der Waals surface area contributed by atoms with Gasteiger partial charge in [0.15, 0.2) is 0 Å². The molecule has 5 nitrogen and oxygen atoms in total. The number of nitrogens with one attached hydrogen (secondary N) is 1. The Kier molecular flexibility index (Phi) is 7.13. The molecule has 1 N–H and O–H groups in total. The van der Waals surface area contributed by atoms with Crippen molar-refractivity contribution in [3.05, 3.63) is 24.6 Å². The molecule has 0 saturated carbocycles. The third-order valence-corrected chi connectivity index (χ3v) is 2.46. The van der Waals surface area contributed by atoms with E-state index in [-0.39, 0.29) is 0 Å². The van der Waals surface area contributed by atoms with Gasteiger partial charge < -0.3 is 19.4 Å². The minimum atomic E-state index is 0.625. The molecule has 0 aliphatic heterocycles. The lowest BCUT2D eigenvalue weighted by Crippen LogP contribution is -2.27. The fourth-order valence-electron chi connectivity index (χ4n) is 1.54. The molecule has 0 aliphatic carbocycles. The van der Waals surface area contributed by atoms with Crippen molar-refractivity contribution in [1.29, 1.82) is 0 Å². The predicted octanol–water partition coefficient (Wildman–Crippen LogP) is 1.81. The molecule has 1 heterocycles. The van der Waals surface area contributed by atoms with Crippen LogP contribution in [0.1, 0.15) is 19.0 Å². The van der Waals surface area contributed by atoms with Gasteiger partial charge in [0.1, 0.15) is 6.26 Å². The zero-order valence-electron chi connectivity index (χ0n) is 11.3. The van der Waals surface area contributed by atoms with E-state index < -0.39 is 0 Å². The van der Waals surface area contributed by atoms with Gasteiger partial charge in [-0.05, 0) is 13.0 Å². The van der Waals surface area contributed by atoms with Crippen molar-refractivity contribution in [2.24, 2.45) is 0 Å². The zero-order chi connectivity index (χ0) is 13.2. The number of methoxy groups -OCH3 is 1.